The summed E-state index contributed by atoms with van der Waals surface area (Å²) < 4.78 is 17.5. The molecule has 158 valence electrons. The lowest BCUT2D eigenvalue weighted by Crippen LogP contribution is -2.13. The van der Waals surface area contributed by atoms with Crippen LogP contribution >= 0.6 is 0 Å². The van der Waals surface area contributed by atoms with Crippen LogP contribution in [0.15, 0.2) is 36.4 Å². The standard InChI is InChI=1S/C25H34O4/c1-8-19-13-20(27-15-16(2)3)9-11-22(19)25(26)23-12-10-21(28-17(4)5)14-24(23)29-18(6)7/h9-14,16-18H,8,15H2,1-7H3. The van der Waals surface area contributed by atoms with Crippen LogP contribution in [0.3, 0.4) is 0 Å². The molecule has 0 saturated heterocycles. The van der Waals surface area contributed by atoms with Gasteiger partial charge in [-0.15, -0.1) is 0 Å². The first-order chi connectivity index (χ1) is 13.7. The molecule has 2 rings (SSSR count). The Labute approximate surface area is 175 Å². The third-order valence-corrected chi connectivity index (χ3v) is 4.22. The number of hydrogen-bond donors (Lipinski definition) is 0. The van der Waals surface area contributed by atoms with Gasteiger partial charge in [-0.3, -0.25) is 4.79 Å². The molecule has 4 heteroatoms. The van der Waals surface area contributed by atoms with Crippen molar-refractivity contribution in [3.05, 3.63) is 53.1 Å². The number of ketones is 1. The average molecular weight is 399 g/mol. The van der Waals surface area contributed by atoms with Crippen LogP contribution in [0, 0.1) is 5.92 Å². The van der Waals surface area contributed by atoms with Gasteiger partial charge in [0.2, 0.25) is 0 Å². The van der Waals surface area contributed by atoms with Crippen LogP contribution in [-0.2, 0) is 6.42 Å². The van der Waals surface area contributed by atoms with Crippen LogP contribution in [0.2, 0.25) is 0 Å². The number of hydrogen-bond acceptors (Lipinski definition) is 4. The number of rotatable bonds is 10. The summed E-state index contributed by atoms with van der Waals surface area (Å²) in [5.74, 6) is 2.44. The van der Waals surface area contributed by atoms with Gasteiger partial charge in [-0.25, -0.2) is 0 Å². The fourth-order valence-electron chi connectivity index (χ4n) is 2.97. The Balaban J connectivity index is 2.39. The lowest BCUT2D eigenvalue weighted by Gasteiger charge is -2.18. The smallest absolute Gasteiger partial charge is 0.197 e. The molecule has 0 aliphatic rings. The molecule has 0 heterocycles. The first-order valence-electron chi connectivity index (χ1n) is 10.5. The Morgan fingerprint density at radius 2 is 1.45 bits per heavy atom. The molecule has 0 fully saturated rings. The Kier molecular flexibility index (Phi) is 8.12. The SMILES string of the molecule is CCc1cc(OCC(C)C)ccc1C(=O)c1ccc(OC(C)C)cc1OC(C)C. The maximum Gasteiger partial charge on any atom is 0.197 e. The van der Waals surface area contributed by atoms with Crippen molar-refractivity contribution in [1.82, 2.24) is 0 Å². The highest BCUT2D eigenvalue weighted by Crippen LogP contribution is 2.30. The second-order valence-corrected chi connectivity index (χ2v) is 8.20. The van der Waals surface area contributed by atoms with Crippen molar-refractivity contribution in [1.29, 1.82) is 0 Å². The van der Waals surface area contributed by atoms with Gasteiger partial charge < -0.3 is 14.2 Å². The zero-order chi connectivity index (χ0) is 21.6. The number of carbonyl (C=O) groups is 1. The second kappa shape index (κ2) is 10.3. The molecule has 29 heavy (non-hydrogen) atoms. The molecule has 2 aromatic rings. The molecule has 0 amide bonds. The Bertz CT molecular complexity index is 822. The summed E-state index contributed by atoms with van der Waals surface area (Å²) in [5, 5.41) is 0. The number of aryl methyl sites for hydroxylation is 1. The van der Waals surface area contributed by atoms with E-state index in [1.54, 1.807) is 12.1 Å². The molecule has 0 atom stereocenters. The molecule has 0 aliphatic carbocycles. The summed E-state index contributed by atoms with van der Waals surface area (Å²) in [7, 11) is 0. The monoisotopic (exact) mass is 398 g/mol. The van der Waals surface area contributed by atoms with Gasteiger partial charge in [0.1, 0.15) is 17.2 Å². The van der Waals surface area contributed by atoms with Crippen LogP contribution in [-0.4, -0.2) is 24.6 Å². The molecule has 4 nitrogen and oxygen atoms in total. The number of benzene rings is 2. The maximum atomic E-state index is 13.4. The van der Waals surface area contributed by atoms with E-state index in [0.29, 0.717) is 35.2 Å². The van der Waals surface area contributed by atoms with E-state index >= 15 is 0 Å². The fourth-order valence-corrected chi connectivity index (χ4v) is 2.97. The molecule has 0 aliphatic heterocycles. The Morgan fingerprint density at radius 3 is 2.03 bits per heavy atom. The van der Waals surface area contributed by atoms with Gasteiger partial charge in [0.15, 0.2) is 5.78 Å². The van der Waals surface area contributed by atoms with Crippen molar-refractivity contribution in [3.8, 4) is 17.2 Å². The van der Waals surface area contributed by atoms with E-state index in [1.807, 2.05) is 58.9 Å². The molecule has 0 bridgehead atoms. The molecule has 0 spiro atoms. The van der Waals surface area contributed by atoms with Crippen molar-refractivity contribution in [2.75, 3.05) is 6.61 Å². The van der Waals surface area contributed by atoms with Gasteiger partial charge in [-0.2, -0.15) is 0 Å². The zero-order valence-electron chi connectivity index (χ0n) is 18.7. The number of ether oxygens (including phenoxy) is 3. The molecular weight excluding hydrogens is 364 g/mol. The third kappa shape index (κ3) is 6.52. The van der Waals surface area contributed by atoms with E-state index in [-0.39, 0.29) is 18.0 Å². The van der Waals surface area contributed by atoms with Crippen molar-refractivity contribution >= 4 is 5.78 Å². The Morgan fingerprint density at radius 1 is 0.828 bits per heavy atom. The van der Waals surface area contributed by atoms with E-state index in [1.165, 1.54) is 0 Å². The van der Waals surface area contributed by atoms with E-state index in [0.717, 1.165) is 17.7 Å². The summed E-state index contributed by atoms with van der Waals surface area (Å²) in [6.45, 7) is 14.8. The highest BCUT2D eigenvalue weighted by molar-refractivity contribution is 6.11. The summed E-state index contributed by atoms with van der Waals surface area (Å²) in [6.07, 6.45) is 0.747. The fraction of sp³-hybridized carbons (Fsp3) is 0.480. The van der Waals surface area contributed by atoms with Gasteiger partial charge >= 0.3 is 0 Å². The minimum atomic E-state index is -0.0518. The quantitative estimate of drug-likeness (QED) is 0.454. The van der Waals surface area contributed by atoms with Gasteiger partial charge in [-0.1, -0.05) is 20.8 Å². The maximum absolute atomic E-state index is 13.4. The van der Waals surface area contributed by atoms with Gasteiger partial charge in [0.25, 0.3) is 0 Å². The molecule has 2 aromatic carbocycles. The minimum Gasteiger partial charge on any atom is -0.493 e. The second-order valence-electron chi connectivity index (χ2n) is 8.20. The summed E-state index contributed by atoms with van der Waals surface area (Å²) >= 11 is 0. The molecule has 0 aromatic heterocycles. The molecule has 0 unspecified atom stereocenters. The van der Waals surface area contributed by atoms with Gasteiger partial charge in [0, 0.05) is 11.6 Å². The van der Waals surface area contributed by atoms with Crippen molar-refractivity contribution in [3.63, 3.8) is 0 Å². The van der Waals surface area contributed by atoms with Crippen LogP contribution in [0.25, 0.3) is 0 Å². The van der Waals surface area contributed by atoms with E-state index in [2.05, 4.69) is 13.8 Å². The minimum absolute atomic E-state index is 0.0479. The first-order valence-corrected chi connectivity index (χ1v) is 10.5. The lowest BCUT2D eigenvalue weighted by atomic mass is 9.96. The van der Waals surface area contributed by atoms with Crippen LogP contribution < -0.4 is 14.2 Å². The third-order valence-electron chi connectivity index (χ3n) is 4.22. The largest absolute Gasteiger partial charge is 0.493 e. The average Bonchev–Trinajstić information content (AvgIpc) is 2.64. The highest BCUT2D eigenvalue weighted by Gasteiger charge is 2.20. The van der Waals surface area contributed by atoms with Crippen molar-refractivity contribution in [2.45, 2.75) is 67.1 Å². The van der Waals surface area contributed by atoms with E-state index in [9.17, 15) is 4.79 Å². The number of carbonyl (C=O) groups excluding carboxylic acids is 1. The topological polar surface area (TPSA) is 44.8 Å². The zero-order valence-corrected chi connectivity index (χ0v) is 18.7. The molecule has 0 N–H and O–H groups in total. The van der Waals surface area contributed by atoms with Crippen molar-refractivity contribution < 1.29 is 19.0 Å². The molecule has 0 saturated carbocycles. The Hall–Kier alpha value is -2.49. The molecule has 0 radical (unpaired) electrons. The van der Waals surface area contributed by atoms with Gasteiger partial charge in [-0.05, 0) is 75.9 Å². The predicted molar refractivity (Wildman–Crippen MR) is 118 cm³/mol. The first kappa shape index (κ1) is 22.8. The normalized spacial score (nSPS) is 11.2. The van der Waals surface area contributed by atoms with E-state index < -0.39 is 0 Å². The highest BCUT2D eigenvalue weighted by atomic mass is 16.5. The summed E-state index contributed by atoms with van der Waals surface area (Å²) in [5.41, 5.74) is 2.19. The van der Waals surface area contributed by atoms with Crippen LogP contribution in [0.4, 0.5) is 0 Å². The predicted octanol–water partition coefficient (Wildman–Crippen LogP) is 6.09. The van der Waals surface area contributed by atoms with Gasteiger partial charge in [0.05, 0.1) is 24.4 Å². The van der Waals surface area contributed by atoms with E-state index in [4.69, 9.17) is 14.2 Å². The molecular formula is C25H34O4. The van der Waals surface area contributed by atoms with Crippen LogP contribution in [0.5, 0.6) is 17.2 Å². The van der Waals surface area contributed by atoms with Crippen LogP contribution in [0.1, 0.15) is 70.0 Å². The lowest BCUT2D eigenvalue weighted by molar-refractivity contribution is 0.103. The summed E-state index contributed by atoms with van der Waals surface area (Å²) in [6, 6.07) is 11.1. The van der Waals surface area contributed by atoms with Crippen molar-refractivity contribution in [2.24, 2.45) is 5.92 Å². The summed E-state index contributed by atoms with van der Waals surface area (Å²) in [4.78, 5) is 13.4.